The molecule has 106 valence electrons. The standard InChI is InChI=1S/C16H18O4/c1-17-12-10-13(18-2)15(19-3)16(20-4)14(12)11-8-6-5-7-9-11/h5-10H,1-4H3. The second-order valence-corrected chi connectivity index (χ2v) is 4.09. The van der Waals surface area contributed by atoms with Gasteiger partial charge in [-0.2, -0.15) is 0 Å². The lowest BCUT2D eigenvalue weighted by Gasteiger charge is -2.19. The normalized spacial score (nSPS) is 10.0. The van der Waals surface area contributed by atoms with Crippen LogP contribution >= 0.6 is 0 Å². The van der Waals surface area contributed by atoms with Crippen LogP contribution in [0.15, 0.2) is 36.4 Å². The smallest absolute Gasteiger partial charge is 0.204 e. The van der Waals surface area contributed by atoms with Crippen molar-refractivity contribution in [2.75, 3.05) is 28.4 Å². The van der Waals surface area contributed by atoms with E-state index in [0.29, 0.717) is 23.0 Å². The number of ether oxygens (including phenoxy) is 4. The number of rotatable bonds is 5. The summed E-state index contributed by atoms with van der Waals surface area (Å²) in [5, 5.41) is 0. The molecule has 0 bridgehead atoms. The largest absolute Gasteiger partial charge is 0.496 e. The Labute approximate surface area is 118 Å². The van der Waals surface area contributed by atoms with Crippen molar-refractivity contribution in [1.82, 2.24) is 0 Å². The van der Waals surface area contributed by atoms with Gasteiger partial charge in [0.2, 0.25) is 5.75 Å². The van der Waals surface area contributed by atoms with Gasteiger partial charge in [0.1, 0.15) is 5.75 Å². The van der Waals surface area contributed by atoms with Crippen LogP contribution < -0.4 is 18.9 Å². The van der Waals surface area contributed by atoms with Gasteiger partial charge >= 0.3 is 0 Å². The average molecular weight is 274 g/mol. The molecular weight excluding hydrogens is 256 g/mol. The summed E-state index contributed by atoms with van der Waals surface area (Å²) in [6.45, 7) is 0. The molecule has 0 atom stereocenters. The molecule has 0 N–H and O–H groups in total. The Bertz CT molecular complexity index is 579. The molecule has 0 spiro atoms. The summed E-state index contributed by atoms with van der Waals surface area (Å²) in [6.07, 6.45) is 0. The predicted octanol–water partition coefficient (Wildman–Crippen LogP) is 3.39. The third kappa shape index (κ3) is 2.37. The Hall–Kier alpha value is -2.36. The highest BCUT2D eigenvalue weighted by Gasteiger charge is 2.22. The Kier molecular flexibility index (Phi) is 4.35. The van der Waals surface area contributed by atoms with E-state index in [-0.39, 0.29) is 0 Å². The van der Waals surface area contributed by atoms with E-state index in [4.69, 9.17) is 18.9 Å². The van der Waals surface area contributed by atoms with Crippen molar-refractivity contribution >= 4 is 0 Å². The zero-order valence-corrected chi connectivity index (χ0v) is 12.1. The van der Waals surface area contributed by atoms with Crippen LogP contribution in [0.4, 0.5) is 0 Å². The molecule has 0 amide bonds. The minimum Gasteiger partial charge on any atom is -0.496 e. The lowest BCUT2D eigenvalue weighted by Crippen LogP contribution is -1.99. The molecule has 0 saturated heterocycles. The van der Waals surface area contributed by atoms with Crippen LogP contribution in [0, 0.1) is 0 Å². The third-order valence-corrected chi connectivity index (χ3v) is 3.08. The maximum atomic E-state index is 5.52. The summed E-state index contributed by atoms with van der Waals surface area (Å²) in [7, 11) is 6.39. The van der Waals surface area contributed by atoms with Gasteiger partial charge in [-0.15, -0.1) is 0 Å². The van der Waals surface area contributed by atoms with E-state index in [1.165, 1.54) is 0 Å². The summed E-state index contributed by atoms with van der Waals surface area (Å²) in [6, 6.07) is 11.7. The molecule has 0 saturated carbocycles. The van der Waals surface area contributed by atoms with Gasteiger partial charge in [0.15, 0.2) is 11.5 Å². The van der Waals surface area contributed by atoms with Gasteiger partial charge in [-0.05, 0) is 5.56 Å². The van der Waals surface area contributed by atoms with Gasteiger partial charge in [0.05, 0.1) is 34.0 Å². The minimum atomic E-state index is 0.551. The van der Waals surface area contributed by atoms with Crippen molar-refractivity contribution < 1.29 is 18.9 Å². The number of benzene rings is 2. The average Bonchev–Trinajstić information content (AvgIpc) is 2.53. The molecule has 0 fully saturated rings. The predicted molar refractivity (Wildman–Crippen MR) is 78.1 cm³/mol. The first-order valence-corrected chi connectivity index (χ1v) is 6.19. The van der Waals surface area contributed by atoms with Crippen molar-refractivity contribution in [3.8, 4) is 34.1 Å². The first-order chi connectivity index (χ1) is 9.76. The summed E-state index contributed by atoms with van der Waals surface area (Å²) in [5.41, 5.74) is 1.83. The van der Waals surface area contributed by atoms with Crippen molar-refractivity contribution in [1.29, 1.82) is 0 Å². The fourth-order valence-corrected chi connectivity index (χ4v) is 2.17. The fraction of sp³-hybridized carbons (Fsp3) is 0.250. The summed E-state index contributed by atoms with van der Waals surface area (Å²) in [4.78, 5) is 0. The van der Waals surface area contributed by atoms with Crippen molar-refractivity contribution in [3.05, 3.63) is 36.4 Å². The lowest BCUT2D eigenvalue weighted by molar-refractivity contribution is 0.320. The molecule has 2 rings (SSSR count). The molecule has 0 unspecified atom stereocenters. The molecule has 20 heavy (non-hydrogen) atoms. The second-order valence-electron chi connectivity index (χ2n) is 4.09. The zero-order valence-electron chi connectivity index (χ0n) is 12.1. The SMILES string of the molecule is COc1cc(OC)c(-c2ccccc2)c(OC)c1OC. The van der Waals surface area contributed by atoms with Crippen LogP contribution in [0.25, 0.3) is 11.1 Å². The Morgan fingerprint density at radius 1 is 0.650 bits per heavy atom. The van der Waals surface area contributed by atoms with Gasteiger partial charge in [-0.1, -0.05) is 30.3 Å². The van der Waals surface area contributed by atoms with E-state index in [9.17, 15) is 0 Å². The fourth-order valence-electron chi connectivity index (χ4n) is 2.17. The third-order valence-electron chi connectivity index (χ3n) is 3.08. The van der Waals surface area contributed by atoms with Gasteiger partial charge in [-0.25, -0.2) is 0 Å². The van der Waals surface area contributed by atoms with Crippen molar-refractivity contribution in [3.63, 3.8) is 0 Å². The van der Waals surface area contributed by atoms with Gasteiger partial charge in [-0.3, -0.25) is 0 Å². The molecule has 2 aromatic carbocycles. The van der Waals surface area contributed by atoms with E-state index in [1.54, 1.807) is 34.5 Å². The highest BCUT2D eigenvalue weighted by Crippen LogP contribution is 2.49. The molecule has 4 nitrogen and oxygen atoms in total. The van der Waals surface area contributed by atoms with Crippen LogP contribution in [0.5, 0.6) is 23.0 Å². The van der Waals surface area contributed by atoms with E-state index >= 15 is 0 Å². The molecule has 4 heteroatoms. The minimum absolute atomic E-state index is 0.551. The molecule has 0 radical (unpaired) electrons. The monoisotopic (exact) mass is 274 g/mol. The Morgan fingerprint density at radius 3 is 1.75 bits per heavy atom. The van der Waals surface area contributed by atoms with Crippen LogP contribution in [-0.4, -0.2) is 28.4 Å². The molecule has 2 aromatic rings. The lowest BCUT2D eigenvalue weighted by atomic mass is 10.0. The van der Waals surface area contributed by atoms with Crippen LogP contribution in [0.2, 0.25) is 0 Å². The molecule has 0 heterocycles. The van der Waals surface area contributed by atoms with E-state index < -0.39 is 0 Å². The molecule has 0 aliphatic carbocycles. The number of methoxy groups -OCH3 is 4. The quantitative estimate of drug-likeness (QED) is 0.837. The van der Waals surface area contributed by atoms with Crippen LogP contribution in [0.1, 0.15) is 0 Å². The number of hydrogen-bond acceptors (Lipinski definition) is 4. The first kappa shape index (κ1) is 14.1. The molecule has 0 aromatic heterocycles. The molecule has 0 aliphatic rings. The summed E-state index contributed by atoms with van der Waals surface area (Å²) < 4.78 is 21.7. The van der Waals surface area contributed by atoms with Crippen molar-refractivity contribution in [2.24, 2.45) is 0 Å². The van der Waals surface area contributed by atoms with Crippen LogP contribution in [-0.2, 0) is 0 Å². The summed E-state index contributed by atoms with van der Waals surface area (Å²) in [5.74, 6) is 2.39. The van der Waals surface area contributed by atoms with E-state index in [1.807, 2.05) is 30.3 Å². The molecular formula is C16H18O4. The van der Waals surface area contributed by atoms with Crippen LogP contribution in [0.3, 0.4) is 0 Å². The first-order valence-electron chi connectivity index (χ1n) is 6.19. The second kappa shape index (κ2) is 6.19. The highest BCUT2D eigenvalue weighted by molar-refractivity contribution is 5.82. The topological polar surface area (TPSA) is 36.9 Å². The van der Waals surface area contributed by atoms with Crippen molar-refractivity contribution in [2.45, 2.75) is 0 Å². The van der Waals surface area contributed by atoms with E-state index in [0.717, 1.165) is 11.1 Å². The van der Waals surface area contributed by atoms with Gasteiger partial charge < -0.3 is 18.9 Å². The Balaban J connectivity index is 2.77. The summed E-state index contributed by atoms with van der Waals surface area (Å²) >= 11 is 0. The number of hydrogen-bond donors (Lipinski definition) is 0. The zero-order chi connectivity index (χ0) is 14.5. The van der Waals surface area contributed by atoms with Gasteiger partial charge in [0.25, 0.3) is 0 Å². The Morgan fingerprint density at radius 2 is 1.25 bits per heavy atom. The maximum absolute atomic E-state index is 5.52. The highest BCUT2D eigenvalue weighted by atomic mass is 16.5. The maximum Gasteiger partial charge on any atom is 0.204 e. The van der Waals surface area contributed by atoms with Gasteiger partial charge in [0, 0.05) is 6.07 Å². The molecule has 0 aliphatic heterocycles. The van der Waals surface area contributed by atoms with E-state index in [2.05, 4.69) is 0 Å².